The molecule has 0 spiro atoms. The minimum absolute atomic E-state index is 0.000544. The molecule has 112 valence electrons. The van der Waals surface area contributed by atoms with Gasteiger partial charge in [0.1, 0.15) is 12.4 Å². The summed E-state index contributed by atoms with van der Waals surface area (Å²) < 4.78 is 33.1. The third-order valence-electron chi connectivity index (χ3n) is 3.30. The molecule has 0 saturated heterocycles. The number of benzene rings is 2. The van der Waals surface area contributed by atoms with Crippen LogP contribution in [0, 0.1) is 11.6 Å². The Kier molecular flexibility index (Phi) is 5.28. The maximum atomic E-state index is 14.0. The standard InChI is InChI=1S/C17H19F2NO/c1-3-20-12(2)14-8-6-10-16(19)17(14)21-11-13-7-4-5-9-15(13)18/h4-10,12,20H,3,11H2,1-2H3. The van der Waals surface area contributed by atoms with E-state index >= 15 is 0 Å². The molecular weight excluding hydrogens is 272 g/mol. The van der Waals surface area contributed by atoms with Gasteiger partial charge in [-0.25, -0.2) is 8.78 Å². The molecule has 0 saturated carbocycles. The number of ether oxygens (including phenoxy) is 1. The minimum atomic E-state index is -0.436. The van der Waals surface area contributed by atoms with E-state index in [0.29, 0.717) is 5.56 Å². The zero-order valence-electron chi connectivity index (χ0n) is 12.2. The van der Waals surface area contributed by atoms with Gasteiger partial charge < -0.3 is 10.1 Å². The van der Waals surface area contributed by atoms with E-state index in [-0.39, 0.29) is 24.2 Å². The maximum absolute atomic E-state index is 14.0. The monoisotopic (exact) mass is 291 g/mol. The highest BCUT2D eigenvalue weighted by atomic mass is 19.1. The topological polar surface area (TPSA) is 21.3 Å². The lowest BCUT2D eigenvalue weighted by molar-refractivity contribution is 0.278. The van der Waals surface area contributed by atoms with Crippen LogP contribution in [0.15, 0.2) is 42.5 Å². The summed E-state index contributed by atoms with van der Waals surface area (Å²) >= 11 is 0. The van der Waals surface area contributed by atoms with Gasteiger partial charge in [-0.3, -0.25) is 0 Å². The molecule has 0 aliphatic carbocycles. The zero-order valence-corrected chi connectivity index (χ0v) is 12.2. The molecule has 4 heteroatoms. The van der Waals surface area contributed by atoms with Crippen LogP contribution in [0.4, 0.5) is 8.78 Å². The largest absolute Gasteiger partial charge is 0.485 e. The Labute approximate surface area is 123 Å². The molecule has 0 heterocycles. The fourth-order valence-electron chi connectivity index (χ4n) is 2.20. The fourth-order valence-corrected chi connectivity index (χ4v) is 2.20. The van der Waals surface area contributed by atoms with Crippen LogP contribution in [0.2, 0.25) is 0 Å². The highest BCUT2D eigenvalue weighted by molar-refractivity contribution is 5.37. The lowest BCUT2D eigenvalue weighted by Gasteiger charge is -2.18. The molecule has 21 heavy (non-hydrogen) atoms. The Morgan fingerprint density at radius 1 is 1.05 bits per heavy atom. The van der Waals surface area contributed by atoms with Gasteiger partial charge in [0.05, 0.1) is 0 Å². The highest BCUT2D eigenvalue weighted by Crippen LogP contribution is 2.29. The summed E-state index contributed by atoms with van der Waals surface area (Å²) in [4.78, 5) is 0. The number of halogens is 2. The van der Waals surface area contributed by atoms with Crippen LogP contribution in [0.1, 0.15) is 31.0 Å². The van der Waals surface area contributed by atoms with Crippen LogP contribution in [-0.2, 0) is 6.61 Å². The summed E-state index contributed by atoms with van der Waals surface area (Å²) in [6, 6.07) is 11.1. The van der Waals surface area contributed by atoms with Crippen molar-refractivity contribution in [3.63, 3.8) is 0 Å². The van der Waals surface area contributed by atoms with Crippen molar-refractivity contribution in [3.05, 3.63) is 65.2 Å². The molecule has 0 bridgehead atoms. The Hall–Kier alpha value is -1.94. The summed E-state index contributed by atoms with van der Waals surface area (Å²) in [7, 11) is 0. The van der Waals surface area contributed by atoms with E-state index < -0.39 is 5.82 Å². The van der Waals surface area contributed by atoms with Crippen molar-refractivity contribution in [2.45, 2.75) is 26.5 Å². The second-order valence-corrected chi connectivity index (χ2v) is 4.82. The average Bonchev–Trinajstić information content (AvgIpc) is 2.47. The van der Waals surface area contributed by atoms with E-state index in [1.165, 1.54) is 12.1 Å². The second kappa shape index (κ2) is 7.18. The molecule has 0 aromatic heterocycles. The van der Waals surface area contributed by atoms with E-state index in [1.807, 2.05) is 19.9 Å². The van der Waals surface area contributed by atoms with E-state index in [4.69, 9.17) is 4.74 Å². The third kappa shape index (κ3) is 3.79. The second-order valence-electron chi connectivity index (χ2n) is 4.82. The molecule has 2 nitrogen and oxygen atoms in total. The van der Waals surface area contributed by atoms with Crippen LogP contribution >= 0.6 is 0 Å². The SMILES string of the molecule is CCNC(C)c1cccc(F)c1OCc1ccccc1F. The number of para-hydroxylation sites is 1. The number of hydrogen-bond acceptors (Lipinski definition) is 2. The van der Waals surface area contributed by atoms with Gasteiger partial charge in [0.15, 0.2) is 11.6 Å². The van der Waals surface area contributed by atoms with Gasteiger partial charge in [0.2, 0.25) is 0 Å². The van der Waals surface area contributed by atoms with Crippen LogP contribution in [-0.4, -0.2) is 6.54 Å². The van der Waals surface area contributed by atoms with Gasteiger partial charge in [0.25, 0.3) is 0 Å². The van der Waals surface area contributed by atoms with E-state index in [1.54, 1.807) is 24.3 Å². The Morgan fingerprint density at radius 3 is 2.48 bits per heavy atom. The van der Waals surface area contributed by atoms with Crippen LogP contribution in [0.3, 0.4) is 0 Å². The summed E-state index contributed by atoms with van der Waals surface area (Å²) in [6.07, 6.45) is 0. The van der Waals surface area contributed by atoms with Crippen molar-refractivity contribution in [2.24, 2.45) is 0 Å². The minimum Gasteiger partial charge on any atom is -0.485 e. The normalized spacial score (nSPS) is 12.2. The van der Waals surface area contributed by atoms with E-state index in [0.717, 1.165) is 12.1 Å². The van der Waals surface area contributed by atoms with Gasteiger partial charge in [-0.15, -0.1) is 0 Å². The van der Waals surface area contributed by atoms with Gasteiger partial charge in [-0.1, -0.05) is 37.3 Å². The summed E-state index contributed by atoms with van der Waals surface area (Å²) in [6.45, 7) is 4.69. The first-order valence-electron chi connectivity index (χ1n) is 7.01. The Balaban J connectivity index is 2.21. The molecule has 2 aromatic carbocycles. The molecule has 0 fully saturated rings. The van der Waals surface area contributed by atoms with Crippen molar-refractivity contribution in [1.29, 1.82) is 0 Å². The maximum Gasteiger partial charge on any atom is 0.165 e. The van der Waals surface area contributed by atoms with E-state index in [9.17, 15) is 8.78 Å². The lowest BCUT2D eigenvalue weighted by atomic mass is 10.1. The molecule has 0 aliphatic heterocycles. The van der Waals surface area contributed by atoms with Gasteiger partial charge in [-0.2, -0.15) is 0 Å². The molecule has 1 unspecified atom stereocenters. The Bertz CT molecular complexity index is 601. The van der Waals surface area contributed by atoms with Gasteiger partial charge in [-0.05, 0) is 25.6 Å². The molecule has 0 aliphatic rings. The summed E-state index contributed by atoms with van der Waals surface area (Å²) in [5.74, 6) is -0.613. The molecule has 0 amide bonds. The van der Waals surface area contributed by atoms with Crippen LogP contribution in [0.5, 0.6) is 5.75 Å². The predicted octanol–water partition coefficient (Wildman–Crippen LogP) is 4.21. The summed E-state index contributed by atoms with van der Waals surface area (Å²) in [5, 5.41) is 3.22. The quantitative estimate of drug-likeness (QED) is 0.860. The first-order chi connectivity index (χ1) is 10.1. The van der Waals surface area contributed by atoms with Crippen molar-refractivity contribution < 1.29 is 13.5 Å². The average molecular weight is 291 g/mol. The molecule has 2 aromatic rings. The Morgan fingerprint density at radius 2 is 1.76 bits per heavy atom. The first kappa shape index (κ1) is 15.4. The molecule has 2 rings (SSSR count). The van der Waals surface area contributed by atoms with E-state index in [2.05, 4.69) is 5.32 Å². The highest BCUT2D eigenvalue weighted by Gasteiger charge is 2.15. The zero-order chi connectivity index (χ0) is 15.2. The number of rotatable bonds is 6. The van der Waals surface area contributed by atoms with Crippen molar-refractivity contribution in [1.82, 2.24) is 5.32 Å². The third-order valence-corrected chi connectivity index (χ3v) is 3.30. The van der Waals surface area contributed by atoms with Crippen molar-refractivity contribution >= 4 is 0 Å². The van der Waals surface area contributed by atoms with Crippen molar-refractivity contribution in [2.75, 3.05) is 6.54 Å². The van der Waals surface area contributed by atoms with Gasteiger partial charge in [0, 0.05) is 17.2 Å². The molecule has 1 N–H and O–H groups in total. The van der Waals surface area contributed by atoms with Crippen LogP contribution < -0.4 is 10.1 Å². The predicted molar refractivity (Wildman–Crippen MR) is 79.2 cm³/mol. The molecule has 0 radical (unpaired) electrons. The van der Waals surface area contributed by atoms with Gasteiger partial charge >= 0.3 is 0 Å². The number of hydrogen-bond donors (Lipinski definition) is 1. The fraction of sp³-hybridized carbons (Fsp3) is 0.294. The first-order valence-corrected chi connectivity index (χ1v) is 7.01. The molecular formula is C17H19F2NO. The number of nitrogens with one attached hydrogen (secondary N) is 1. The summed E-state index contributed by atoms with van der Waals surface area (Å²) in [5.41, 5.74) is 1.14. The molecule has 1 atom stereocenters. The smallest absolute Gasteiger partial charge is 0.165 e. The van der Waals surface area contributed by atoms with Crippen molar-refractivity contribution in [3.8, 4) is 5.75 Å². The van der Waals surface area contributed by atoms with Crippen LogP contribution in [0.25, 0.3) is 0 Å². The lowest BCUT2D eigenvalue weighted by Crippen LogP contribution is -2.19.